The summed E-state index contributed by atoms with van der Waals surface area (Å²) in [5.41, 5.74) is 0. The molecule has 2 saturated heterocycles. The van der Waals surface area contributed by atoms with Crippen molar-refractivity contribution in [3.8, 4) is 5.75 Å². The SMILES string of the molecule is O=C(COc1ccc(Br)cc1F)N1C2CCNCC1CC2. The maximum Gasteiger partial charge on any atom is 0.261 e. The topological polar surface area (TPSA) is 41.6 Å². The van der Waals surface area contributed by atoms with Crippen molar-refractivity contribution in [2.75, 3.05) is 19.7 Å². The van der Waals surface area contributed by atoms with Gasteiger partial charge in [-0.2, -0.15) is 0 Å². The van der Waals surface area contributed by atoms with E-state index >= 15 is 0 Å². The van der Waals surface area contributed by atoms with Gasteiger partial charge in [-0.3, -0.25) is 4.79 Å². The summed E-state index contributed by atoms with van der Waals surface area (Å²) in [4.78, 5) is 14.3. The fraction of sp³-hybridized carbons (Fsp3) is 0.533. The largest absolute Gasteiger partial charge is 0.481 e. The lowest BCUT2D eigenvalue weighted by molar-refractivity contribution is -0.136. The van der Waals surface area contributed by atoms with Crippen LogP contribution in [0.15, 0.2) is 22.7 Å². The number of nitrogens with one attached hydrogen (secondary N) is 1. The van der Waals surface area contributed by atoms with Crippen LogP contribution in [0.4, 0.5) is 4.39 Å². The average Bonchev–Trinajstić information content (AvgIpc) is 2.71. The van der Waals surface area contributed by atoms with Gasteiger partial charge < -0.3 is 15.0 Å². The van der Waals surface area contributed by atoms with Crippen LogP contribution in [0, 0.1) is 5.82 Å². The third-order valence-corrected chi connectivity index (χ3v) is 4.68. The van der Waals surface area contributed by atoms with E-state index in [1.807, 2.05) is 4.90 Å². The Morgan fingerprint density at radius 3 is 3.00 bits per heavy atom. The molecule has 2 aliphatic rings. The number of carbonyl (C=O) groups is 1. The molecule has 0 radical (unpaired) electrons. The Bertz CT molecular complexity index is 526. The van der Waals surface area contributed by atoms with Crippen molar-refractivity contribution in [2.45, 2.75) is 31.3 Å². The Hall–Kier alpha value is -1.14. The Labute approximate surface area is 131 Å². The van der Waals surface area contributed by atoms with E-state index < -0.39 is 5.82 Å². The Kier molecular flexibility index (Phi) is 4.45. The molecule has 0 aromatic heterocycles. The second-order valence-corrected chi connectivity index (χ2v) is 6.46. The molecule has 0 aliphatic carbocycles. The minimum atomic E-state index is -0.460. The highest BCUT2D eigenvalue weighted by Crippen LogP contribution is 2.28. The molecule has 1 amide bonds. The molecule has 2 atom stereocenters. The smallest absolute Gasteiger partial charge is 0.261 e. The Morgan fingerprint density at radius 1 is 1.38 bits per heavy atom. The number of halogens is 2. The van der Waals surface area contributed by atoms with Crippen LogP contribution in [0.1, 0.15) is 19.3 Å². The van der Waals surface area contributed by atoms with E-state index in [9.17, 15) is 9.18 Å². The molecule has 1 aromatic carbocycles. The van der Waals surface area contributed by atoms with Gasteiger partial charge in [0.05, 0.1) is 0 Å². The van der Waals surface area contributed by atoms with E-state index in [2.05, 4.69) is 21.2 Å². The standard InChI is InChI=1S/C15H18BrFN2O2/c16-10-1-4-14(13(17)7-10)21-9-15(20)19-11-2-3-12(19)8-18-6-5-11/h1,4,7,11-12,18H,2-3,5-6,8-9H2. The average molecular weight is 357 g/mol. The van der Waals surface area contributed by atoms with Gasteiger partial charge in [0.15, 0.2) is 18.2 Å². The predicted octanol–water partition coefficient (Wildman–Crippen LogP) is 2.32. The second kappa shape index (κ2) is 6.32. The van der Waals surface area contributed by atoms with Gasteiger partial charge in [0.1, 0.15) is 0 Å². The highest BCUT2D eigenvalue weighted by molar-refractivity contribution is 9.10. The number of ether oxygens (including phenoxy) is 1. The van der Waals surface area contributed by atoms with E-state index in [1.165, 1.54) is 12.1 Å². The molecule has 3 rings (SSSR count). The van der Waals surface area contributed by atoms with Crippen LogP contribution in [-0.2, 0) is 4.79 Å². The number of hydrogen-bond donors (Lipinski definition) is 1. The molecular weight excluding hydrogens is 339 g/mol. The van der Waals surface area contributed by atoms with Gasteiger partial charge in [-0.25, -0.2) is 4.39 Å². The molecule has 0 saturated carbocycles. The van der Waals surface area contributed by atoms with Crippen molar-refractivity contribution < 1.29 is 13.9 Å². The van der Waals surface area contributed by atoms with Crippen LogP contribution < -0.4 is 10.1 Å². The summed E-state index contributed by atoms with van der Waals surface area (Å²) in [6.07, 6.45) is 3.08. The number of amides is 1. The van der Waals surface area contributed by atoms with Crippen molar-refractivity contribution in [3.05, 3.63) is 28.5 Å². The van der Waals surface area contributed by atoms with Crippen LogP contribution in [0.3, 0.4) is 0 Å². The number of nitrogens with zero attached hydrogens (tertiary/aromatic N) is 1. The first-order valence-corrected chi connectivity index (χ1v) is 8.04. The lowest BCUT2D eigenvalue weighted by Gasteiger charge is -2.27. The molecule has 114 valence electrons. The number of rotatable bonds is 3. The van der Waals surface area contributed by atoms with Crippen molar-refractivity contribution in [1.29, 1.82) is 0 Å². The molecule has 1 N–H and O–H groups in total. The van der Waals surface area contributed by atoms with Crippen molar-refractivity contribution in [1.82, 2.24) is 10.2 Å². The second-order valence-electron chi connectivity index (χ2n) is 5.54. The Balaban J connectivity index is 1.63. The highest BCUT2D eigenvalue weighted by Gasteiger charge is 2.37. The minimum Gasteiger partial charge on any atom is -0.481 e. The first-order chi connectivity index (χ1) is 10.1. The normalized spacial score (nSPS) is 24.8. The van der Waals surface area contributed by atoms with Crippen molar-refractivity contribution >= 4 is 21.8 Å². The maximum atomic E-state index is 13.7. The lowest BCUT2D eigenvalue weighted by Crippen LogP contribution is -2.44. The van der Waals surface area contributed by atoms with Crippen LogP contribution in [0.25, 0.3) is 0 Å². The van der Waals surface area contributed by atoms with Gasteiger partial charge in [0.2, 0.25) is 0 Å². The summed E-state index contributed by atoms with van der Waals surface area (Å²) >= 11 is 3.19. The first-order valence-electron chi connectivity index (χ1n) is 7.25. The zero-order valence-electron chi connectivity index (χ0n) is 11.6. The molecule has 2 aliphatic heterocycles. The fourth-order valence-electron chi connectivity index (χ4n) is 3.20. The number of carbonyl (C=O) groups excluding carboxylic acids is 1. The quantitative estimate of drug-likeness (QED) is 0.903. The fourth-order valence-corrected chi connectivity index (χ4v) is 3.53. The van der Waals surface area contributed by atoms with Gasteiger partial charge in [0, 0.05) is 23.1 Å². The van der Waals surface area contributed by atoms with Crippen LogP contribution in [0.5, 0.6) is 5.75 Å². The van der Waals surface area contributed by atoms with E-state index in [-0.39, 0.29) is 24.3 Å². The highest BCUT2D eigenvalue weighted by atomic mass is 79.9. The molecule has 2 heterocycles. The molecule has 4 nitrogen and oxygen atoms in total. The third-order valence-electron chi connectivity index (χ3n) is 4.19. The number of fused-ring (bicyclic) bond motifs is 2. The maximum absolute atomic E-state index is 13.7. The van der Waals surface area contributed by atoms with E-state index in [4.69, 9.17) is 4.74 Å². The van der Waals surface area contributed by atoms with Gasteiger partial charge in [-0.1, -0.05) is 15.9 Å². The molecular formula is C15H18BrFN2O2. The van der Waals surface area contributed by atoms with Gasteiger partial charge in [-0.15, -0.1) is 0 Å². The monoisotopic (exact) mass is 356 g/mol. The predicted molar refractivity (Wildman–Crippen MR) is 80.7 cm³/mol. The van der Waals surface area contributed by atoms with Crippen LogP contribution in [0.2, 0.25) is 0 Å². The summed E-state index contributed by atoms with van der Waals surface area (Å²) in [5, 5.41) is 3.35. The number of hydrogen-bond acceptors (Lipinski definition) is 3. The zero-order valence-corrected chi connectivity index (χ0v) is 13.2. The Morgan fingerprint density at radius 2 is 2.19 bits per heavy atom. The van der Waals surface area contributed by atoms with E-state index in [0.29, 0.717) is 10.5 Å². The molecule has 0 spiro atoms. The molecule has 2 fully saturated rings. The number of benzene rings is 1. The molecule has 1 aromatic rings. The van der Waals surface area contributed by atoms with Gasteiger partial charge in [0.25, 0.3) is 5.91 Å². The van der Waals surface area contributed by atoms with Crippen LogP contribution >= 0.6 is 15.9 Å². The molecule has 2 unspecified atom stereocenters. The lowest BCUT2D eigenvalue weighted by atomic mass is 10.1. The van der Waals surface area contributed by atoms with Crippen LogP contribution in [-0.4, -0.2) is 42.6 Å². The molecule has 21 heavy (non-hydrogen) atoms. The third kappa shape index (κ3) is 3.21. The summed E-state index contributed by atoms with van der Waals surface area (Å²) in [6.45, 7) is 1.69. The molecule has 2 bridgehead atoms. The summed E-state index contributed by atoms with van der Waals surface area (Å²) < 4.78 is 19.7. The first kappa shape index (κ1) is 14.8. The van der Waals surface area contributed by atoms with Crippen molar-refractivity contribution in [3.63, 3.8) is 0 Å². The molecule has 6 heteroatoms. The van der Waals surface area contributed by atoms with Crippen molar-refractivity contribution in [2.24, 2.45) is 0 Å². The van der Waals surface area contributed by atoms with Gasteiger partial charge >= 0.3 is 0 Å². The van der Waals surface area contributed by atoms with E-state index in [1.54, 1.807) is 6.07 Å². The zero-order chi connectivity index (χ0) is 14.8. The minimum absolute atomic E-state index is 0.0477. The van der Waals surface area contributed by atoms with E-state index in [0.717, 1.165) is 32.4 Å². The summed E-state index contributed by atoms with van der Waals surface area (Å²) in [6, 6.07) is 5.12. The van der Waals surface area contributed by atoms with Gasteiger partial charge in [-0.05, 0) is 44.0 Å². The summed E-state index contributed by atoms with van der Waals surface area (Å²) in [7, 11) is 0. The summed E-state index contributed by atoms with van der Waals surface area (Å²) in [5.74, 6) is -0.391.